The summed E-state index contributed by atoms with van der Waals surface area (Å²) >= 11 is 5.73. The quantitative estimate of drug-likeness (QED) is 0.615. The first-order chi connectivity index (χ1) is 8.07. The minimum absolute atomic E-state index is 0.217. The zero-order chi connectivity index (χ0) is 12.7. The molecule has 1 rings (SSSR count). The van der Waals surface area contributed by atoms with E-state index in [0.29, 0.717) is 18.8 Å². The Balaban J connectivity index is 2.36. The third kappa shape index (κ3) is 5.41. The van der Waals surface area contributed by atoms with Gasteiger partial charge in [-0.1, -0.05) is 19.1 Å². The van der Waals surface area contributed by atoms with Gasteiger partial charge in [-0.05, 0) is 24.1 Å². The van der Waals surface area contributed by atoms with E-state index in [-0.39, 0.29) is 11.5 Å². The number of benzene rings is 1. The molecule has 0 atom stereocenters. The highest BCUT2D eigenvalue weighted by Crippen LogP contribution is 2.12. The normalized spacial score (nSPS) is 11.4. The summed E-state index contributed by atoms with van der Waals surface area (Å²) < 4.78 is 22.5. The summed E-state index contributed by atoms with van der Waals surface area (Å²) in [6.07, 6.45) is 0.626. The fraction of sp³-hybridized carbons (Fsp3) is 0.500. The van der Waals surface area contributed by atoms with Crippen molar-refractivity contribution in [3.05, 3.63) is 29.8 Å². The zero-order valence-corrected chi connectivity index (χ0v) is 11.5. The molecule has 0 aliphatic carbocycles. The average molecular weight is 276 g/mol. The molecule has 0 fully saturated rings. The van der Waals surface area contributed by atoms with Crippen LogP contribution >= 0.6 is 11.6 Å². The maximum Gasteiger partial charge on any atom is 0.150 e. The number of anilines is 1. The van der Waals surface area contributed by atoms with Crippen molar-refractivity contribution in [2.24, 2.45) is 0 Å². The van der Waals surface area contributed by atoms with Crippen molar-refractivity contribution in [1.29, 1.82) is 0 Å². The van der Waals surface area contributed by atoms with Gasteiger partial charge in [0.1, 0.15) is 9.84 Å². The molecule has 0 bridgehead atoms. The summed E-state index contributed by atoms with van der Waals surface area (Å²) in [5, 5.41) is 3.19. The predicted octanol–water partition coefficient (Wildman–Crippen LogP) is 2.66. The second kappa shape index (κ2) is 6.87. The van der Waals surface area contributed by atoms with Gasteiger partial charge in [0.15, 0.2) is 0 Å². The lowest BCUT2D eigenvalue weighted by molar-refractivity contribution is 0.595. The van der Waals surface area contributed by atoms with Crippen molar-refractivity contribution in [3.63, 3.8) is 0 Å². The van der Waals surface area contributed by atoms with E-state index in [9.17, 15) is 8.42 Å². The molecule has 0 saturated carbocycles. The number of sulfone groups is 1. The highest BCUT2D eigenvalue weighted by atomic mass is 35.5. The maximum atomic E-state index is 11.3. The lowest BCUT2D eigenvalue weighted by Crippen LogP contribution is -2.12. The molecule has 0 heterocycles. The largest absolute Gasteiger partial charge is 0.385 e. The molecule has 3 nitrogen and oxygen atoms in total. The Hall–Kier alpha value is -0.740. The van der Waals surface area contributed by atoms with Crippen LogP contribution in [-0.2, 0) is 15.7 Å². The summed E-state index contributed by atoms with van der Waals surface area (Å²) in [5.41, 5.74) is 2.04. The van der Waals surface area contributed by atoms with Gasteiger partial charge in [-0.3, -0.25) is 0 Å². The average Bonchev–Trinajstić information content (AvgIpc) is 2.35. The van der Waals surface area contributed by atoms with Crippen molar-refractivity contribution in [2.45, 2.75) is 19.2 Å². The van der Waals surface area contributed by atoms with Crippen molar-refractivity contribution in [2.75, 3.05) is 23.4 Å². The molecule has 0 saturated heterocycles. The molecule has 0 spiro atoms. The van der Waals surface area contributed by atoms with E-state index >= 15 is 0 Å². The van der Waals surface area contributed by atoms with E-state index in [4.69, 9.17) is 11.6 Å². The Kier molecular flexibility index (Phi) is 5.78. The Labute approximate surface area is 108 Å². The van der Waals surface area contributed by atoms with Crippen molar-refractivity contribution < 1.29 is 8.42 Å². The highest BCUT2D eigenvalue weighted by Gasteiger charge is 2.05. The molecule has 96 valence electrons. The van der Waals surface area contributed by atoms with Crippen molar-refractivity contribution in [1.82, 2.24) is 0 Å². The van der Waals surface area contributed by atoms with Crippen LogP contribution in [0, 0.1) is 0 Å². The molecule has 0 unspecified atom stereocenters. The minimum atomic E-state index is -2.85. The van der Waals surface area contributed by atoms with Crippen LogP contribution in [0.5, 0.6) is 0 Å². The highest BCUT2D eigenvalue weighted by molar-refractivity contribution is 7.91. The molecule has 0 aromatic heterocycles. The molecule has 0 aliphatic rings. The third-order valence-electron chi connectivity index (χ3n) is 2.48. The van der Waals surface area contributed by atoms with Crippen LogP contribution < -0.4 is 5.32 Å². The van der Waals surface area contributed by atoms with E-state index in [0.717, 1.165) is 11.3 Å². The number of hydrogen-bond donors (Lipinski definition) is 1. The lowest BCUT2D eigenvalue weighted by Gasteiger charge is -2.07. The van der Waals surface area contributed by atoms with E-state index in [1.54, 1.807) is 6.92 Å². The SMILES string of the molecule is CCS(=O)(=O)CCCNc1cccc(CCl)c1. The predicted molar refractivity (Wildman–Crippen MR) is 73.4 cm³/mol. The van der Waals surface area contributed by atoms with Gasteiger partial charge in [0.25, 0.3) is 0 Å². The number of nitrogens with one attached hydrogen (secondary N) is 1. The Morgan fingerprint density at radius 2 is 2.12 bits per heavy atom. The Morgan fingerprint density at radius 1 is 1.35 bits per heavy atom. The number of rotatable bonds is 7. The zero-order valence-electron chi connectivity index (χ0n) is 9.95. The molecule has 1 aromatic rings. The summed E-state index contributed by atoms with van der Waals surface area (Å²) in [6, 6.07) is 7.81. The first kappa shape index (κ1) is 14.3. The van der Waals surface area contributed by atoms with E-state index in [2.05, 4.69) is 5.32 Å². The summed E-state index contributed by atoms with van der Waals surface area (Å²) in [4.78, 5) is 0. The van der Waals surface area contributed by atoms with Crippen LogP contribution in [-0.4, -0.2) is 26.5 Å². The topological polar surface area (TPSA) is 46.2 Å². The van der Waals surface area contributed by atoms with Crippen LogP contribution in [0.2, 0.25) is 0 Å². The number of halogens is 1. The van der Waals surface area contributed by atoms with Gasteiger partial charge >= 0.3 is 0 Å². The van der Waals surface area contributed by atoms with Gasteiger partial charge in [-0.2, -0.15) is 0 Å². The molecule has 1 N–H and O–H groups in total. The first-order valence-electron chi connectivity index (χ1n) is 5.66. The van der Waals surface area contributed by atoms with Gasteiger partial charge in [0, 0.05) is 23.9 Å². The van der Waals surface area contributed by atoms with Crippen LogP contribution in [0.15, 0.2) is 24.3 Å². The van der Waals surface area contributed by atoms with Crippen molar-refractivity contribution in [3.8, 4) is 0 Å². The molecular formula is C12H18ClNO2S. The van der Waals surface area contributed by atoms with E-state index in [1.165, 1.54) is 0 Å². The lowest BCUT2D eigenvalue weighted by atomic mass is 10.2. The molecule has 17 heavy (non-hydrogen) atoms. The van der Waals surface area contributed by atoms with E-state index < -0.39 is 9.84 Å². The van der Waals surface area contributed by atoms with Gasteiger partial charge in [0.05, 0.1) is 5.75 Å². The van der Waals surface area contributed by atoms with Gasteiger partial charge in [-0.15, -0.1) is 11.6 Å². The minimum Gasteiger partial charge on any atom is -0.385 e. The van der Waals surface area contributed by atoms with Crippen molar-refractivity contribution >= 4 is 27.1 Å². The molecule has 0 amide bonds. The fourth-order valence-corrected chi connectivity index (χ4v) is 2.47. The second-order valence-corrected chi connectivity index (χ2v) is 6.59. The molecule has 5 heteroatoms. The summed E-state index contributed by atoms with van der Waals surface area (Å²) in [7, 11) is -2.85. The summed E-state index contributed by atoms with van der Waals surface area (Å²) in [5.74, 6) is 0.945. The van der Waals surface area contributed by atoms with Crippen LogP contribution in [0.4, 0.5) is 5.69 Å². The van der Waals surface area contributed by atoms with Crippen LogP contribution in [0.25, 0.3) is 0 Å². The van der Waals surface area contributed by atoms with Crippen LogP contribution in [0.1, 0.15) is 18.9 Å². The molecule has 1 aromatic carbocycles. The monoisotopic (exact) mass is 275 g/mol. The van der Waals surface area contributed by atoms with Crippen LogP contribution in [0.3, 0.4) is 0 Å². The first-order valence-corrected chi connectivity index (χ1v) is 8.02. The molecule has 0 radical (unpaired) electrons. The van der Waals surface area contributed by atoms with E-state index in [1.807, 2.05) is 24.3 Å². The standard InChI is InChI=1S/C12H18ClNO2S/c1-2-17(15,16)8-4-7-14-12-6-3-5-11(9-12)10-13/h3,5-6,9,14H,2,4,7-8,10H2,1H3. The fourth-order valence-electron chi connectivity index (χ4n) is 1.43. The Morgan fingerprint density at radius 3 is 2.76 bits per heavy atom. The maximum absolute atomic E-state index is 11.3. The Bertz CT molecular complexity index is 446. The molecule has 0 aliphatic heterocycles. The molecular weight excluding hydrogens is 258 g/mol. The number of alkyl halides is 1. The second-order valence-electron chi connectivity index (χ2n) is 3.85. The van der Waals surface area contributed by atoms with Gasteiger partial charge in [0.2, 0.25) is 0 Å². The smallest absolute Gasteiger partial charge is 0.150 e. The third-order valence-corrected chi connectivity index (χ3v) is 4.58. The van der Waals surface area contributed by atoms with Gasteiger partial charge < -0.3 is 5.32 Å². The van der Waals surface area contributed by atoms with Gasteiger partial charge in [-0.25, -0.2) is 8.42 Å². The summed E-state index contributed by atoms with van der Waals surface area (Å²) in [6.45, 7) is 2.33. The number of hydrogen-bond acceptors (Lipinski definition) is 3.